The van der Waals surface area contributed by atoms with Crippen LogP contribution in [-0.4, -0.2) is 41.6 Å². The number of benzene rings is 2. The van der Waals surface area contributed by atoms with Crippen molar-refractivity contribution in [2.24, 2.45) is 11.8 Å². The second-order valence-electron chi connectivity index (χ2n) is 8.46. The van der Waals surface area contributed by atoms with Gasteiger partial charge in [-0.3, -0.25) is 9.59 Å². The van der Waals surface area contributed by atoms with E-state index in [0.29, 0.717) is 11.4 Å². The Bertz CT molecular complexity index is 1080. The molecule has 2 aromatic rings. The Morgan fingerprint density at radius 1 is 1.16 bits per heavy atom. The van der Waals surface area contributed by atoms with Gasteiger partial charge >= 0.3 is 12.0 Å². The van der Waals surface area contributed by atoms with Gasteiger partial charge in [-0.25, -0.2) is 9.69 Å². The first kappa shape index (κ1) is 19.6. The number of amides is 3. The molecule has 0 radical (unpaired) electrons. The number of hydrogen-bond acceptors (Lipinski definition) is 5. The summed E-state index contributed by atoms with van der Waals surface area (Å²) < 4.78 is 11.3. The molecular weight excluding hydrogens is 396 g/mol. The first-order chi connectivity index (χ1) is 14.9. The highest BCUT2D eigenvalue weighted by Crippen LogP contribution is 2.58. The monoisotopic (exact) mass is 420 g/mol. The van der Waals surface area contributed by atoms with Gasteiger partial charge in [0.05, 0.1) is 30.9 Å². The molecule has 4 atom stereocenters. The molecule has 3 aliphatic heterocycles. The van der Waals surface area contributed by atoms with Crippen molar-refractivity contribution in [3.05, 3.63) is 59.7 Å². The van der Waals surface area contributed by atoms with Crippen LogP contribution < -0.4 is 9.64 Å². The van der Waals surface area contributed by atoms with Crippen LogP contribution in [0.2, 0.25) is 0 Å². The second-order valence-corrected chi connectivity index (χ2v) is 8.46. The maximum Gasteiger partial charge on any atom is 0.332 e. The number of anilines is 1. The van der Waals surface area contributed by atoms with E-state index in [1.807, 2.05) is 43.3 Å². The second kappa shape index (κ2) is 6.83. The normalized spacial score (nSPS) is 28.7. The third-order valence-corrected chi connectivity index (χ3v) is 6.75. The van der Waals surface area contributed by atoms with Crippen molar-refractivity contribution >= 4 is 23.6 Å². The van der Waals surface area contributed by atoms with Crippen molar-refractivity contribution < 1.29 is 23.9 Å². The van der Waals surface area contributed by atoms with E-state index < -0.39 is 35.4 Å². The van der Waals surface area contributed by atoms with E-state index in [2.05, 4.69) is 0 Å². The molecule has 0 bridgehead atoms. The number of nitrogens with zero attached hydrogens (tertiary/aromatic N) is 2. The molecule has 3 amide bonds. The molecule has 3 heterocycles. The third kappa shape index (κ3) is 2.55. The molecule has 2 aromatic carbocycles. The van der Waals surface area contributed by atoms with Crippen molar-refractivity contribution in [2.75, 3.05) is 18.1 Å². The molecule has 3 aliphatic rings. The molecular formula is C24H24N2O5. The zero-order chi connectivity index (χ0) is 21.9. The molecule has 0 N–H and O–H groups in total. The molecule has 31 heavy (non-hydrogen) atoms. The molecule has 2 saturated heterocycles. The van der Waals surface area contributed by atoms with Gasteiger partial charge in [0.15, 0.2) is 0 Å². The molecule has 0 aromatic heterocycles. The van der Waals surface area contributed by atoms with Crippen LogP contribution in [0.25, 0.3) is 0 Å². The van der Waals surface area contributed by atoms with Gasteiger partial charge in [-0.2, -0.15) is 0 Å². The fourth-order valence-electron chi connectivity index (χ4n) is 5.36. The fourth-order valence-corrected chi connectivity index (χ4v) is 5.36. The minimum absolute atomic E-state index is 0.198. The highest BCUT2D eigenvalue weighted by atomic mass is 16.5. The minimum Gasteiger partial charge on any atom is -0.493 e. The van der Waals surface area contributed by atoms with Crippen molar-refractivity contribution in [1.82, 2.24) is 4.90 Å². The van der Waals surface area contributed by atoms with Crippen LogP contribution in [0.5, 0.6) is 5.75 Å². The predicted octanol–water partition coefficient (Wildman–Crippen LogP) is 3.47. The van der Waals surface area contributed by atoms with Gasteiger partial charge in [0.2, 0.25) is 0 Å². The van der Waals surface area contributed by atoms with Crippen LogP contribution in [0.3, 0.4) is 0 Å². The zero-order valence-electron chi connectivity index (χ0n) is 17.7. The van der Waals surface area contributed by atoms with Gasteiger partial charge in [-0.05, 0) is 39.0 Å². The van der Waals surface area contributed by atoms with E-state index in [9.17, 15) is 14.4 Å². The topological polar surface area (TPSA) is 76.2 Å². The van der Waals surface area contributed by atoms with E-state index >= 15 is 0 Å². The standard InChI is InChI=1S/C24H24N2O5/c1-4-30-21(27)19-17-13-31-18-8-6-5-7-16(18)20(17)26-23(29)25(22(28)24(19,26)3)15-11-9-14(2)10-12-15/h5-12,17,19-20H,4,13H2,1-3H3/t17-,19+,20-,24+/m1/s1. The largest absolute Gasteiger partial charge is 0.493 e. The number of carbonyl (C=O) groups excluding carboxylic acids is 3. The number of hydrogen-bond donors (Lipinski definition) is 0. The Hall–Kier alpha value is -3.35. The summed E-state index contributed by atoms with van der Waals surface area (Å²) in [6.07, 6.45) is 0. The number of rotatable bonds is 3. The third-order valence-electron chi connectivity index (χ3n) is 6.75. The number of esters is 1. The molecule has 0 unspecified atom stereocenters. The quantitative estimate of drug-likeness (QED) is 0.561. The summed E-state index contributed by atoms with van der Waals surface area (Å²) in [4.78, 5) is 43.4. The fraction of sp³-hybridized carbons (Fsp3) is 0.375. The number of fused-ring (bicyclic) bond motifs is 5. The van der Waals surface area contributed by atoms with Crippen LogP contribution in [0, 0.1) is 18.8 Å². The summed E-state index contributed by atoms with van der Waals surface area (Å²) in [5.74, 6) is -1.40. The molecule has 2 fully saturated rings. The first-order valence-electron chi connectivity index (χ1n) is 10.5. The van der Waals surface area contributed by atoms with Crippen molar-refractivity contribution in [3.8, 4) is 5.75 Å². The van der Waals surface area contributed by atoms with Crippen molar-refractivity contribution in [1.29, 1.82) is 0 Å². The average Bonchev–Trinajstić information content (AvgIpc) is 3.14. The van der Waals surface area contributed by atoms with Crippen LogP contribution in [0.15, 0.2) is 48.5 Å². The summed E-state index contributed by atoms with van der Waals surface area (Å²) in [5, 5.41) is 0. The van der Waals surface area contributed by atoms with Crippen LogP contribution in [0.1, 0.15) is 31.0 Å². The van der Waals surface area contributed by atoms with E-state index in [0.717, 1.165) is 11.1 Å². The van der Waals surface area contributed by atoms with Gasteiger partial charge in [-0.1, -0.05) is 35.9 Å². The molecule has 0 aliphatic carbocycles. The summed E-state index contributed by atoms with van der Waals surface area (Å²) >= 11 is 0. The smallest absolute Gasteiger partial charge is 0.332 e. The molecule has 7 nitrogen and oxygen atoms in total. The van der Waals surface area contributed by atoms with Gasteiger partial charge in [-0.15, -0.1) is 0 Å². The van der Waals surface area contributed by atoms with E-state index in [-0.39, 0.29) is 19.1 Å². The first-order valence-corrected chi connectivity index (χ1v) is 10.5. The summed E-state index contributed by atoms with van der Waals surface area (Å²) in [5.41, 5.74) is 0.974. The molecule has 160 valence electrons. The SMILES string of the molecule is CCOC(=O)[C@@H]1[C@H]2COc3ccccc3[C@H]2N2C(=O)N(c3ccc(C)cc3)C(=O)[C@]12C. The lowest BCUT2D eigenvalue weighted by Gasteiger charge is -2.34. The number of para-hydroxylation sites is 1. The van der Waals surface area contributed by atoms with E-state index in [4.69, 9.17) is 9.47 Å². The van der Waals surface area contributed by atoms with E-state index in [1.165, 1.54) is 4.90 Å². The van der Waals surface area contributed by atoms with Crippen LogP contribution in [-0.2, 0) is 14.3 Å². The Balaban J connectivity index is 1.67. The van der Waals surface area contributed by atoms with Gasteiger partial charge in [0.25, 0.3) is 5.91 Å². The van der Waals surface area contributed by atoms with Crippen LogP contribution in [0.4, 0.5) is 10.5 Å². The van der Waals surface area contributed by atoms with Gasteiger partial charge in [0.1, 0.15) is 11.3 Å². The number of aryl methyl sites for hydroxylation is 1. The molecule has 0 saturated carbocycles. The number of ether oxygens (including phenoxy) is 2. The number of imide groups is 1. The highest BCUT2D eigenvalue weighted by Gasteiger charge is 2.72. The highest BCUT2D eigenvalue weighted by molar-refractivity contribution is 6.24. The lowest BCUT2D eigenvalue weighted by atomic mass is 9.77. The maximum absolute atomic E-state index is 13.8. The van der Waals surface area contributed by atoms with Crippen molar-refractivity contribution in [3.63, 3.8) is 0 Å². The Kier molecular flexibility index (Phi) is 4.32. The zero-order valence-corrected chi connectivity index (χ0v) is 17.7. The molecule has 0 spiro atoms. The predicted molar refractivity (Wildman–Crippen MR) is 113 cm³/mol. The Labute approximate surface area is 180 Å². The summed E-state index contributed by atoms with van der Waals surface area (Å²) in [7, 11) is 0. The maximum atomic E-state index is 13.8. The lowest BCUT2D eigenvalue weighted by Crippen LogP contribution is -2.51. The number of urea groups is 1. The van der Waals surface area contributed by atoms with E-state index in [1.54, 1.807) is 30.9 Å². The Morgan fingerprint density at radius 2 is 1.87 bits per heavy atom. The number of carbonyl (C=O) groups is 3. The van der Waals surface area contributed by atoms with Gasteiger partial charge < -0.3 is 14.4 Å². The van der Waals surface area contributed by atoms with Crippen LogP contribution >= 0.6 is 0 Å². The lowest BCUT2D eigenvalue weighted by molar-refractivity contribution is -0.154. The van der Waals surface area contributed by atoms with Gasteiger partial charge in [0, 0.05) is 11.5 Å². The Morgan fingerprint density at radius 3 is 2.58 bits per heavy atom. The minimum atomic E-state index is -1.36. The van der Waals surface area contributed by atoms with Crippen molar-refractivity contribution in [2.45, 2.75) is 32.4 Å². The summed E-state index contributed by atoms with van der Waals surface area (Å²) in [6.45, 7) is 5.80. The molecule has 7 heteroatoms. The summed E-state index contributed by atoms with van der Waals surface area (Å²) in [6, 6.07) is 13.8. The molecule has 5 rings (SSSR count). The average molecular weight is 420 g/mol.